The van der Waals surface area contributed by atoms with Crippen molar-refractivity contribution in [3.63, 3.8) is 0 Å². The fourth-order valence-electron chi connectivity index (χ4n) is 1.62. The van der Waals surface area contributed by atoms with Crippen LogP contribution in [0, 0.1) is 19.8 Å². The summed E-state index contributed by atoms with van der Waals surface area (Å²) in [5, 5.41) is 7.23. The molecule has 1 unspecified atom stereocenters. The van der Waals surface area contributed by atoms with Crippen LogP contribution in [0.25, 0.3) is 0 Å². The first-order valence-electron chi connectivity index (χ1n) is 6.03. The van der Waals surface area contributed by atoms with Gasteiger partial charge < -0.3 is 11.1 Å². The first kappa shape index (κ1) is 13.7. The number of amides is 1. The first-order chi connectivity index (χ1) is 8.04. The maximum absolute atomic E-state index is 11.4. The van der Waals surface area contributed by atoms with E-state index in [0.29, 0.717) is 13.1 Å². The summed E-state index contributed by atoms with van der Waals surface area (Å²) in [5.41, 5.74) is 7.60. The van der Waals surface area contributed by atoms with Crippen molar-refractivity contribution in [3.05, 3.63) is 17.5 Å². The largest absolute Gasteiger partial charge is 0.356 e. The first-order valence-corrected chi connectivity index (χ1v) is 6.03. The lowest BCUT2D eigenvalue weighted by Gasteiger charge is -2.10. The Morgan fingerprint density at radius 2 is 2.29 bits per heavy atom. The highest BCUT2D eigenvalue weighted by molar-refractivity contribution is 5.78. The van der Waals surface area contributed by atoms with E-state index in [1.54, 1.807) is 0 Å². The Bertz CT molecular complexity index is 373. The topological polar surface area (TPSA) is 72.9 Å². The lowest BCUT2D eigenvalue weighted by molar-refractivity contribution is -0.124. The van der Waals surface area contributed by atoms with Crippen LogP contribution in [0.5, 0.6) is 0 Å². The van der Waals surface area contributed by atoms with Crippen LogP contribution in [0.1, 0.15) is 24.7 Å². The van der Waals surface area contributed by atoms with E-state index in [4.69, 9.17) is 5.73 Å². The maximum Gasteiger partial charge on any atom is 0.224 e. The summed E-state index contributed by atoms with van der Waals surface area (Å²) in [7, 11) is 0. The molecule has 0 spiro atoms. The van der Waals surface area contributed by atoms with Crippen molar-refractivity contribution in [3.8, 4) is 0 Å². The van der Waals surface area contributed by atoms with Gasteiger partial charge in [-0.2, -0.15) is 5.10 Å². The number of rotatable bonds is 6. The zero-order valence-corrected chi connectivity index (χ0v) is 10.9. The van der Waals surface area contributed by atoms with E-state index in [9.17, 15) is 4.79 Å². The molecule has 0 aliphatic rings. The molecular weight excluding hydrogens is 216 g/mol. The van der Waals surface area contributed by atoms with Crippen LogP contribution in [0.2, 0.25) is 0 Å². The number of nitrogens with two attached hydrogens (primary N) is 1. The quantitative estimate of drug-likeness (QED) is 0.713. The lowest BCUT2D eigenvalue weighted by atomic mass is 10.2. The third kappa shape index (κ3) is 4.19. The Morgan fingerprint density at radius 1 is 1.59 bits per heavy atom. The minimum Gasteiger partial charge on any atom is -0.356 e. The molecule has 5 heteroatoms. The van der Waals surface area contributed by atoms with Crippen LogP contribution in [0.3, 0.4) is 0 Å². The van der Waals surface area contributed by atoms with Crippen molar-refractivity contribution >= 4 is 5.91 Å². The molecule has 0 radical (unpaired) electrons. The summed E-state index contributed by atoms with van der Waals surface area (Å²) >= 11 is 0. The normalized spacial score (nSPS) is 12.5. The van der Waals surface area contributed by atoms with Crippen LogP contribution in [0.4, 0.5) is 0 Å². The van der Waals surface area contributed by atoms with Gasteiger partial charge in [-0.05, 0) is 26.3 Å². The van der Waals surface area contributed by atoms with E-state index in [0.717, 1.165) is 24.4 Å². The van der Waals surface area contributed by atoms with Gasteiger partial charge in [0.05, 0.1) is 5.69 Å². The standard InChI is InChI=1S/C12H22N4O/c1-9(8-13)12(17)14-5-4-6-16-11(3)7-10(2)15-16/h7,9H,4-6,8,13H2,1-3H3,(H,14,17). The molecule has 1 amide bonds. The summed E-state index contributed by atoms with van der Waals surface area (Å²) < 4.78 is 1.97. The maximum atomic E-state index is 11.4. The number of nitrogens with one attached hydrogen (secondary N) is 1. The van der Waals surface area contributed by atoms with Crippen molar-refractivity contribution in [2.45, 2.75) is 33.7 Å². The second-order valence-electron chi connectivity index (χ2n) is 4.43. The van der Waals surface area contributed by atoms with Crippen molar-refractivity contribution in [1.82, 2.24) is 15.1 Å². The Labute approximate surface area is 102 Å². The van der Waals surface area contributed by atoms with Gasteiger partial charge in [-0.3, -0.25) is 9.48 Å². The average Bonchev–Trinajstić information content (AvgIpc) is 2.62. The summed E-state index contributed by atoms with van der Waals surface area (Å²) in [5.74, 6) is -0.0791. The van der Waals surface area contributed by atoms with Gasteiger partial charge in [0.25, 0.3) is 0 Å². The molecule has 0 aliphatic carbocycles. The van der Waals surface area contributed by atoms with E-state index in [1.807, 2.05) is 25.5 Å². The summed E-state index contributed by atoms with van der Waals surface area (Å²) in [4.78, 5) is 11.4. The molecule has 0 bridgehead atoms. The predicted octanol–water partition coefficient (Wildman–Crippen LogP) is 0.601. The Hall–Kier alpha value is -1.36. The van der Waals surface area contributed by atoms with E-state index < -0.39 is 0 Å². The minimum atomic E-state index is -0.108. The van der Waals surface area contributed by atoms with E-state index in [2.05, 4.69) is 16.5 Å². The van der Waals surface area contributed by atoms with Gasteiger partial charge in [-0.1, -0.05) is 6.92 Å². The second kappa shape index (κ2) is 6.39. The van der Waals surface area contributed by atoms with E-state index >= 15 is 0 Å². The third-order valence-corrected chi connectivity index (χ3v) is 2.75. The molecule has 0 saturated carbocycles. The smallest absolute Gasteiger partial charge is 0.224 e. The number of hydrogen-bond acceptors (Lipinski definition) is 3. The van der Waals surface area contributed by atoms with Gasteiger partial charge in [0, 0.05) is 31.2 Å². The zero-order valence-electron chi connectivity index (χ0n) is 10.9. The van der Waals surface area contributed by atoms with Crippen molar-refractivity contribution in [1.29, 1.82) is 0 Å². The highest BCUT2D eigenvalue weighted by Gasteiger charge is 2.09. The number of carbonyl (C=O) groups is 1. The third-order valence-electron chi connectivity index (χ3n) is 2.75. The van der Waals surface area contributed by atoms with Gasteiger partial charge in [-0.25, -0.2) is 0 Å². The molecule has 1 aromatic rings. The predicted molar refractivity (Wildman–Crippen MR) is 67.5 cm³/mol. The molecule has 1 heterocycles. The fourth-order valence-corrected chi connectivity index (χ4v) is 1.62. The van der Waals surface area contributed by atoms with Crippen molar-refractivity contribution < 1.29 is 4.79 Å². The van der Waals surface area contributed by atoms with Crippen LogP contribution in [0.15, 0.2) is 6.07 Å². The van der Waals surface area contributed by atoms with Crippen molar-refractivity contribution in [2.75, 3.05) is 13.1 Å². The fraction of sp³-hybridized carbons (Fsp3) is 0.667. The van der Waals surface area contributed by atoms with Gasteiger partial charge in [-0.15, -0.1) is 0 Å². The number of carbonyl (C=O) groups excluding carboxylic acids is 1. The number of aryl methyl sites for hydroxylation is 3. The highest BCUT2D eigenvalue weighted by atomic mass is 16.1. The SMILES string of the molecule is Cc1cc(C)n(CCCNC(=O)C(C)CN)n1. The highest BCUT2D eigenvalue weighted by Crippen LogP contribution is 2.02. The lowest BCUT2D eigenvalue weighted by Crippen LogP contribution is -2.34. The molecule has 1 rings (SSSR count). The van der Waals surface area contributed by atoms with Gasteiger partial charge >= 0.3 is 0 Å². The molecule has 0 saturated heterocycles. The van der Waals surface area contributed by atoms with Crippen LogP contribution >= 0.6 is 0 Å². The molecular formula is C12H22N4O. The van der Waals surface area contributed by atoms with E-state index in [-0.39, 0.29) is 11.8 Å². The van der Waals surface area contributed by atoms with Crippen LogP contribution in [-0.4, -0.2) is 28.8 Å². The van der Waals surface area contributed by atoms with Gasteiger partial charge in [0.15, 0.2) is 0 Å². The summed E-state index contributed by atoms with van der Waals surface area (Å²) in [6.45, 7) is 7.74. The molecule has 0 aliphatic heterocycles. The number of aromatic nitrogens is 2. The van der Waals surface area contributed by atoms with Crippen LogP contribution in [-0.2, 0) is 11.3 Å². The Morgan fingerprint density at radius 3 is 2.82 bits per heavy atom. The van der Waals surface area contributed by atoms with E-state index in [1.165, 1.54) is 0 Å². The molecule has 3 N–H and O–H groups in total. The minimum absolute atomic E-state index is 0.0286. The average molecular weight is 238 g/mol. The number of nitrogens with zero attached hydrogens (tertiary/aromatic N) is 2. The molecule has 1 aromatic heterocycles. The molecule has 5 nitrogen and oxygen atoms in total. The second-order valence-corrected chi connectivity index (χ2v) is 4.43. The Balaban J connectivity index is 2.25. The molecule has 0 fully saturated rings. The summed E-state index contributed by atoms with van der Waals surface area (Å²) in [6, 6.07) is 2.05. The molecule has 1 atom stereocenters. The monoisotopic (exact) mass is 238 g/mol. The van der Waals surface area contributed by atoms with Crippen molar-refractivity contribution in [2.24, 2.45) is 11.7 Å². The van der Waals surface area contributed by atoms with Gasteiger partial charge in [0.1, 0.15) is 0 Å². The molecule has 0 aromatic carbocycles. The Kier molecular flexibility index (Phi) is 5.15. The summed E-state index contributed by atoms with van der Waals surface area (Å²) in [6.07, 6.45) is 0.880. The number of hydrogen-bond donors (Lipinski definition) is 2. The van der Waals surface area contributed by atoms with Crippen LogP contribution < -0.4 is 11.1 Å². The molecule has 17 heavy (non-hydrogen) atoms. The van der Waals surface area contributed by atoms with Gasteiger partial charge in [0.2, 0.25) is 5.91 Å². The molecule has 96 valence electrons. The zero-order chi connectivity index (χ0) is 12.8.